The minimum Gasteiger partial charge on any atom is -0.211 e. The summed E-state index contributed by atoms with van der Waals surface area (Å²) >= 11 is 5.65. The molecule has 0 saturated carbocycles. The molecule has 0 unspecified atom stereocenters. The Morgan fingerprint density at radius 1 is 1.21 bits per heavy atom. The molecule has 1 aromatic carbocycles. The van der Waals surface area contributed by atoms with E-state index in [0.717, 1.165) is 24.8 Å². The van der Waals surface area contributed by atoms with Crippen molar-refractivity contribution < 1.29 is 8.42 Å². The second kappa shape index (κ2) is 7.88. The van der Waals surface area contributed by atoms with Gasteiger partial charge in [-0.25, -0.2) is 13.1 Å². The van der Waals surface area contributed by atoms with Crippen LogP contribution in [0.1, 0.15) is 32.3 Å². The highest BCUT2D eigenvalue weighted by molar-refractivity contribution is 7.89. The van der Waals surface area contributed by atoms with Crippen molar-refractivity contribution in [3.63, 3.8) is 0 Å². The molecular weight excluding hydrogens is 282 g/mol. The summed E-state index contributed by atoms with van der Waals surface area (Å²) in [6, 6.07) is 6.88. The van der Waals surface area contributed by atoms with Crippen LogP contribution in [0.15, 0.2) is 29.2 Å². The van der Waals surface area contributed by atoms with Crippen LogP contribution < -0.4 is 4.72 Å². The number of halogens is 1. The standard InChI is InChI=1S/C14H22ClNO2S/c1-12(2)4-3-11-16-19(17,18)14-7-5-13(6-8-14)9-10-15/h5-8,12,16H,3-4,9-11H2,1-2H3. The van der Waals surface area contributed by atoms with E-state index in [1.807, 2.05) is 12.1 Å². The van der Waals surface area contributed by atoms with Crippen molar-refractivity contribution in [2.45, 2.75) is 38.0 Å². The number of nitrogens with one attached hydrogen (secondary N) is 1. The lowest BCUT2D eigenvalue weighted by Crippen LogP contribution is -2.25. The molecule has 1 rings (SSSR count). The minimum absolute atomic E-state index is 0.315. The van der Waals surface area contributed by atoms with E-state index in [9.17, 15) is 8.42 Å². The quantitative estimate of drug-likeness (QED) is 0.592. The molecule has 0 saturated heterocycles. The van der Waals surface area contributed by atoms with Gasteiger partial charge in [0.05, 0.1) is 4.90 Å². The number of aryl methyl sites for hydroxylation is 1. The molecule has 0 bridgehead atoms. The number of benzene rings is 1. The summed E-state index contributed by atoms with van der Waals surface area (Å²) in [7, 11) is -3.37. The molecule has 0 radical (unpaired) electrons. The summed E-state index contributed by atoms with van der Waals surface area (Å²) < 4.78 is 26.6. The Balaban J connectivity index is 2.56. The fraction of sp³-hybridized carbons (Fsp3) is 0.571. The van der Waals surface area contributed by atoms with E-state index >= 15 is 0 Å². The Hall–Kier alpha value is -0.580. The fourth-order valence-electron chi connectivity index (χ4n) is 1.74. The van der Waals surface area contributed by atoms with Crippen LogP contribution in [0.2, 0.25) is 0 Å². The molecule has 0 aliphatic heterocycles. The predicted octanol–water partition coefficient (Wildman–Crippen LogP) is 3.18. The van der Waals surface area contributed by atoms with Crippen LogP contribution in [0.5, 0.6) is 0 Å². The first-order chi connectivity index (χ1) is 8.95. The fourth-order valence-corrected chi connectivity index (χ4v) is 3.04. The third kappa shape index (κ3) is 5.93. The average molecular weight is 304 g/mol. The number of sulfonamides is 1. The molecule has 0 aromatic heterocycles. The van der Waals surface area contributed by atoms with Crippen molar-refractivity contribution in [3.8, 4) is 0 Å². The molecule has 0 aliphatic rings. The van der Waals surface area contributed by atoms with Crippen molar-refractivity contribution >= 4 is 21.6 Å². The SMILES string of the molecule is CC(C)CCCNS(=O)(=O)c1ccc(CCCl)cc1. The highest BCUT2D eigenvalue weighted by atomic mass is 35.5. The Morgan fingerprint density at radius 3 is 2.37 bits per heavy atom. The molecule has 1 aromatic rings. The zero-order valence-electron chi connectivity index (χ0n) is 11.5. The van der Waals surface area contributed by atoms with Crippen LogP contribution in [0.4, 0.5) is 0 Å². The third-order valence-corrected chi connectivity index (χ3v) is 4.53. The van der Waals surface area contributed by atoms with Crippen molar-refractivity contribution in [2.24, 2.45) is 5.92 Å². The number of hydrogen-bond donors (Lipinski definition) is 1. The van der Waals surface area contributed by atoms with Crippen LogP contribution in [0.25, 0.3) is 0 Å². The van der Waals surface area contributed by atoms with Crippen LogP contribution >= 0.6 is 11.6 Å². The van der Waals surface area contributed by atoms with Crippen molar-refractivity contribution in [1.82, 2.24) is 4.72 Å². The van der Waals surface area contributed by atoms with Gasteiger partial charge in [-0.15, -0.1) is 11.6 Å². The molecule has 0 aliphatic carbocycles. The molecule has 0 atom stereocenters. The van der Waals surface area contributed by atoms with E-state index < -0.39 is 10.0 Å². The smallest absolute Gasteiger partial charge is 0.211 e. The summed E-state index contributed by atoms with van der Waals surface area (Å²) in [4.78, 5) is 0.315. The number of alkyl halides is 1. The Labute approximate surface area is 121 Å². The summed E-state index contributed by atoms with van der Waals surface area (Å²) in [5.74, 6) is 1.14. The molecule has 0 spiro atoms. The van der Waals surface area contributed by atoms with Crippen LogP contribution in [-0.2, 0) is 16.4 Å². The molecule has 19 heavy (non-hydrogen) atoms. The normalized spacial score (nSPS) is 12.0. The number of rotatable bonds is 8. The van der Waals surface area contributed by atoms with Crippen molar-refractivity contribution in [1.29, 1.82) is 0 Å². The van der Waals surface area contributed by atoms with E-state index in [2.05, 4.69) is 18.6 Å². The first kappa shape index (κ1) is 16.5. The Kier molecular flexibility index (Phi) is 6.83. The summed E-state index contributed by atoms with van der Waals surface area (Å²) in [6.45, 7) is 4.75. The predicted molar refractivity (Wildman–Crippen MR) is 80.1 cm³/mol. The van der Waals surface area contributed by atoms with Gasteiger partial charge in [0.25, 0.3) is 0 Å². The summed E-state index contributed by atoms with van der Waals surface area (Å²) in [5.41, 5.74) is 1.05. The van der Waals surface area contributed by atoms with E-state index in [0.29, 0.717) is 23.2 Å². The second-order valence-electron chi connectivity index (χ2n) is 5.02. The Morgan fingerprint density at radius 2 is 1.84 bits per heavy atom. The van der Waals surface area contributed by atoms with Gasteiger partial charge in [0, 0.05) is 12.4 Å². The van der Waals surface area contributed by atoms with Gasteiger partial charge in [0.15, 0.2) is 0 Å². The first-order valence-corrected chi connectivity index (χ1v) is 8.62. The van der Waals surface area contributed by atoms with Gasteiger partial charge in [0.2, 0.25) is 10.0 Å². The van der Waals surface area contributed by atoms with Crippen LogP contribution in [0.3, 0.4) is 0 Å². The maximum atomic E-state index is 12.0. The molecule has 1 N–H and O–H groups in total. The van der Waals surface area contributed by atoms with Gasteiger partial charge >= 0.3 is 0 Å². The van der Waals surface area contributed by atoms with Gasteiger partial charge in [-0.3, -0.25) is 0 Å². The molecule has 5 heteroatoms. The van der Waals surface area contributed by atoms with Gasteiger partial charge < -0.3 is 0 Å². The van der Waals surface area contributed by atoms with E-state index in [1.165, 1.54) is 0 Å². The third-order valence-electron chi connectivity index (χ3n) is 2.87. The van der Waals surface area contributed by atoms with Gasteiger partial charge in [-0.2, -0.15) is 0 Å². The lowest BCUT2D eigenvalue weighted by Gasteiger charge is -2.08. The average Bonchev–Trinajstić information content (AvgIpc) is 2.36. The molecule has 0 amide bonds. The van der Waals surface area contributed by atoms with E-state index in [1.54, 1.807) is 12.1 Å². The lowest BCUT2D eigenvalue weighted by molar-refractivity contribution is 0.540. The monoisotopic (exact) mass is 303 g/mol. The number of hydrogen-bond acceptors (Lipinski definition) is 2. The van der Waals surface area contributed by atoms with E-state index in [-0.39, 0.29) is 0 Å². The molecule has 3 nitrogen and oxygen atoms in total. The van der Waals surface area contributed by atoms with Gasteiger partial charge in [-0.1, -0.05) is 26.0 Å². The highest BCUT2D eigenvalue weighted by Crippen LogP contribution is 2.12. The van der Waals surface area contributed by atoms with Crippen LogP contribution in [-0.4, -0.2) is 20.8 Å². The Bertz CT molecular complexity index is 469. The topological polar surface area (TPSA) is 46.2 Å². The highest BCUT2D eigenvalue weighted by Gasteiger charge is 2.12. The molecule has 0 heterocycles. The summed E-state index contributed by atoms with van der Waals surface area (Å²) in [5, 5.41) is 0. The minimum atomic E-state index is -3.37. The zero-order valence-corrected chi connectivity index (χ0v) is 13.1. The van der Waals surface area contributed by atoms with Crippen molar-refractivity contribution in [2.75, 3.05) is 12.4 Å². The maximum Gasteiger partial charge on any atom is 0.240 e. The molecule has 0 fully saturated rings. The molecular formula is C14H22ClNO2S. The first-order valence-electron chi connectivity index (χ1n) is 6.60. The zero-order chi connectivity index (χ0) is 14.3. The van der Waals surface area contributed by atoms with Crippen LogP contribution in [0, 0.1) is 5.92 Å². The van der Waals surface area contributed by atoms with Gasteiger partial charge in [-0.05, 0) is 42.9 Å². The lowest BCUT2D eigenvalue weighted by atomic mass is 10.1. The van der Waals surface area contributed by atoms with E-state index in [4.69, 9.17) is 11.6 Å². The second-order valence-corrected chi connectivity index (χ2v) is 7.16. The summed E-state index contributed by atoms with van der Waals surface area (Å²) in [6.07, 6.45) is 2.64. The maximum absolute atomic E-state index is 12.0. The van der Waals surface area contributed by atoms with Crippen molar-refractivity contribution in [3.05, 3.63) is 29.8 Å². The largest absolute Gasteiger partial charge is 0.240 e. The molecule has 108 valence electrons. The van der Waals surface area contributed by atoms with Gasteiger partial charge in [0.1, 0.15) is 0 Å².